The van der Waals surface area contributed by atoms with E-state index in [9.17, 15) is 8.42 Å². The molecule has 0 bridgehead atoms. The molecule has 0 radical (unpaired) electrons. The van der Waals surface area contributed by atoms with Crippen LogP contribution in [0.1, 0.15) is 20.3 Å². The Bertz CT molecular complexity index is 307. The van der Waals surface area contributed by atoms with Crippen molar-refractivity contribution in [2.24, 2.45) is 0 Å². The van der Waals surface area contributed by atoms with E-state index in [0.717, 1.165) is 13.0 Å². The van der Waals surface area contributed by atoms with Gasteiger partial charge in [0.25, 0.3) is 10.2 Å². The fourth-order valence-electron chi connectivity index (χ4n) is 1.59. The molecule has 0 amide bonds. The van der Waals surface area contributed by atoms with Crippen molar-refractivity contribution >= 4 is 10.2 Å². The molecule has 1 N–H and O–H groups in total. The predicted octanol–water partition coefficient (Wildman–Crippen LogP) is 0.129. The van der Waals surface area contributed by atoms with Gasteiger partial charge in [0, 0.05) is 33.3 Å². The lowest BCUT2D eigenvalue weighted by Crippen LogP contribution is -2.47. The molecule has 7 heteroatoms. The van der Waals surface area contributed by atoms with E-state index in [4.69, 9.17) is 4.74 Å². The van der Waals surface area contributed by atoms with Crippen molar-refractivity contribution in [3.63, 3.8) is 0 Å². The van der Waals surface area contributed by atoms with Gasteiger partial charge in [0.2, 0.25) is 0 Å². The predicted molar refractivity (Wildman–Crippen MR) is 73.8 cm³/mol. The van der Waals surface area contributed by atoms with Crippen molar-refractivity contribution in [3.8, 4) is 0 Å². The SMILES string of the molecule is CNCCCN(C)S(=O)(=O)N(CCOC)C(C)C. The summed E-state index contributed by atoms with van der Waals surface area (Å²) in [5.41, 5.74) is 0. The summed E-state index contributed by atoms with van der Waals surface area (Å²) >= 11 is 0. The van der Waals surface area contributed by atoms with E-state index in [1.54, 1.807) is 14.2 Å². The van der Waals surface area contributed by atoms with E-state index in [1.807, 2.05) is 20.9 Å². The molecule has 110 valence electrons. The van der Waals surface area contributed by atoms with Crippen molar-refractivity contribution in [2.75, 3.05) is 47.4 Å². The van der Waals surface area contributed by atoms with E-state index < -0.39 is 10.2 Å². The normalized spacial score (nSPS) is 12.9. The average Bonchev–Trinajstić information content (AvgIpc) is 2.28. The summed E-state index contributed by atoms with van der Waals surface area (Å²) in [5, 5.41) is 3.01. The standard InChI is InChI=1S/C11H27N3O3S/c1-11(2)14(9-10-17-5)18(15,16)13(4)8-6-7-12-3/h11-12H,6-10H2,1-5H3. The van der Waals surface area contributed by atoms with Crippen LogP contribution in [0.25, 0.3) is 0 Å². The third-order valence-corrected chi connectivity index (χ3v) is 4.85. The summed E-state index contributed by atoms with van der Waals surface area (Å²) in [7, 11) is 1.65. The zero-order valence-corrected chi connectivity index (χ0v) is 13.0. The Morgan fingerprint density at radius 2 is 1.89 bits per heavy atom. The van der Waals surface area contributed by atoms with Crippen molar-refractivity contribution in [1.82, 2.24) is 13.9 Å². The highest BCUT2D eigenvalue weighted by atomic mass is 32.2. The second-order valence-electron chi connectivity index (χ2n) is 4.48. The fourth-order valence-corrected chi connectivity index (χ4v) is 3.15. The molecule has 0 atom stereocenters. The van der Waals surface area contributed by atoms with E-state index in [0.29, 0.717) is 19.7 Å². The number of nitrogens with one attached hydrogen (secondary N) is 1. The van der Waals surface area contributed by atoms with Gasteiger partial charge in [-0.2, -0.15) is 17.0 Å². The monoisotopic (exact) mass is 281 g/mol. The van der Waals surface area contributed by atoms with Gasteiger partial charge in [-0.15, -0.1) is 0 Å². The highest BCUT2D eigenvalue weighted by Crippen LogP contribution is 2.11. The van der Waals surface area contributed by atoms with E-state index in [-0.39, 0.29) is 6.04 Å². The van der Waals surface area contributed by atoms with Crippen LogP contribution >= 0.6 is 0 Å². The van der Waals surface area contributed by atoms with Crippen molar-refractivity contribution < 1.29 is 13.2 Å². The van der Waals surface area contributed by atoms with Crippen LogP contribution in [0.4, 0.5) is 0 Å². The molecule has 0 aromatic heterocycles. The summed E-state index contributed by atoms with van der Waals surface area (Å²) in [6.07, 6.45) is 0.794. The molecule has 18 heavy (non-hydrogen) atoms. The third kappa shape index (κ3) is 5.62. The molecule has 0 saturated carbocycles. The molecule has 0 aromatic carbocycles. The van der Waals surface area contributed by atoms with Crippen LogP contribution in [0.5, 0.6) is 0 Å². The Labute approximate surface area is 111 Å². The summed E-state index contributed by atoms with van der Waals surface area (Å²) in [6.45, 7) is 5.84. The molecule has 0 aromatic rings. The van der Waals surface area contributed by atoms with Crippen LogP contribution in [0.15, 0.2) is 0 Å². The van der Waals surface area contributed by atoms with Crippen LogP contribution in [0, 0.1) is 0 Å². The lowest BCUT2D eigenvalue weighted by Gasteiger charge is -2.30. The molecule has 0 unspecified atom stereocenters. The second-order valence-corrected chi connectivity index (χ2v) is 6.47. The zero-order chi connectivity index (χ0) is 14.2. The number of nitrogens with zero attached hydrogens (tertiary/aromatic N) is 2. The first-order valence-corrected chi connectivity index (χ1v) is 7.64. The summed E-state index contributed by atoms with van der Waals surface area (Å²) in [4.78, 5) is 0. The fraction of sp³-hybridized carbons (Fsp3) is 1.00. The Kier molecular flexibility index (Phi) is 8.71. The molecular formula is C11H27N3O3S. The summed E-state index contributed by atoms with van der Waals surface area (Å²) in [5.74, 6) is 0. The maximum atomic E-state index is 12.3. The first-order valence-electron chi connectivity index (χ1n) is 6.24. The molecular weight excluding hydrogens is 254 g/mol. The van der Waals surface area contributed by atoms with Gasteiger partial charge in [0.15, 0.2) is 0 Å². The van der Waals surface area contributed by atoms with E-state index >= 15 is 0 Å². The quantitative estimate of drug-likeness (QED) is 0.578. The Hall–Kier alpha value is -0.210. The van der Waals surface area contributed by atoms with Gasteiger partial charge < -0.3 is 10.1 Å². The third-order valence-electron chi connectivity index (χ3n) is 2.68. The maximum Gasteiger partial charge on any atom is 0.282 e. The molecule has 0 saturated heterocycles. The molecule has 0 aliphatic heterocycles. The first-order chi connectivity index (χ1) is 8.37. The van der Waals surface area contributed by atoms with Gasteiger partial charge in [-0.05, 0) is 33.9 Å². The van der Waals surface area contributed by atoms with Gasteiger partial charge in [0.05, 0.1) is 6.61 Å². The second kappa shape index (κ2) is 8.82. The van der Waals surface area contributed by atoms with Gasteiger partial charge in [-0.25, -0.2) is 0 Å². The Balaban J connectivity index is 4.61. The van der Waals surface area contributed by atoms with Crippen molar-refractivity contribution in [3.05, 3.63) is 0 Å². The Morgan fingerprint density at radius 3 is 2.33 bits per heavy atom. The van der Waals surface area contributed by atoms with Gasteiger partial charge in [-0.3, -0.25) is 0 Å². The molecule has 0 spiro atoms. The lowest BCUT2D eigenvalue weighted by molar-refractivity contribution is 0.167. The number of hydrogen-bond donors (Lipinski definition) is 1. The summed E-state index contributed by atoms with van der Waals surface area (Å²) in [6, 6.07) is -0.0723. The lowest BCUT2D eigenvalue weighted by atomic mass is 10.4. The van der Waals surface area contributed by atoms with E-state index in [1.165, 1.54) is 8.61 Å². The topological polar surface area (TPSA) is 61.9 Å². The number of ether oxygens (including phenoxy) is 1. The van der Waals surface area contributed by atoms with Crippen LogP contribution in [0.3, 0.4) is 0 Å². The highest BCUT2D eigenvalue weighted by Gasteiger charge is 2.28. The van der Waals surface area contributed by atoms with Crippen molar-refractivity contribution in [1.29, 1.82) is 0 Å². The summed E-state index contributed by atoms with van der Waals surface area (Å²) < 4.78 is 32.5. The van der Waals surface area contributed by atoms with Crippen molar-refractivity contribution in [2.45, 2.75) is 26.3 Å². The van der Waals surface area contributed by atoms with Gasteiger partial charge in [0.1, 0.15) is 0 Å². The van der Waals surface area contributed by atoms with Crippen LogP contribution in [0.2, 0.25) is 0 Å². The maximum absolute atomic E-state index is 12.3. The molecule has 0 rings (SSSR count). The number of hydrogen-bond acceptors (Lipinski definition) is 4. The minimum Gasteiger partial charge on any atom is -0.383 e. The van der Waals surface area contributed by atoms with Crippen LogP contribution in [-0.2, 0) is 14.9 Å². The highest BCUT2D eigenvalue weighted by molar-refractivity contribution is 7.86. The van der Waals surface area contributed by atoms with Crippen LogP contribution < -0.4 is 5.32 Å². The number of rotatable bonds is 10. The smallest absolute Gasteiger partial charge is 0.282 e. The minimum absolute atomic E-state index is 0.0723. The molecule has 6 nitrogen and oxygen atoms in total. The molecule has 0 heterocycles. The Morgan fingerprint density at radius 1 is 1.28 bits per heavy atom. The van der Waals surface area contributed by atoms with Gasteiger partial charge >= 0.3 is 0 Å². The van der Waals surface area contributed by atoms with Crippen LogP contribution in [-0.4, -0.2) is 70.5 Å². The first kappa shape index (κ1) is 17.8. The average molecular weight is 281 g/mol. The molecule has 0 fully saturated rings. The van der Waals surface area contributed by atoms with E-state index in [2.05, 4.69) is 5.32 Å². The molecule has 0 aliphatic rings. The largest absolute Gasteiger partial charge is 0.383 e. The zero-order valence-electron chi connectivity index (χ0n) is 12.1. The molecule has 0 aliphatic carbocycles. The van der Waals surface area contributed by atoms with Gasteiger partial charge in [-0.1, -0.05) is 0 Å². The number of methoxy groups -OCH3 is 1. The minimum atomic E-state index is -3.39.